The van der Waals surface area contributed by atoms with Gasteiger partial charge < -0.3 is 4.90 Å². The number of non-ortho nitro benzene ring substituents is 2. The van der Waals surface area contributed by atoms with E-state index in [1.165, 1.54) is 23.3 Å². The van der Waals surface area contributed by atoms with E-state index in [0.29, 0.717) is 5.69 Å². The van der Waals surface area contributed by atoms with Crippen molar-refractivity contribution in [1.82, 2.24) is 14.7 Å². The summed E-state index contributed by atoms with van der Waals surface area (Å²) in [6, 6.07) is 16.3. The molecule has 4 rings (SSSR count). The quantitative estimate of drug-likeness (QED) is 0.289. The number of nitro groups is 2. The Morgan fingerprint density at radius 1 is 1.03 bits per heavy atom. The average molecular weight is 463 g/mol. The van der Waals surface area contributed by atoms with Crippen LogP contribution in [0.5, 0.6) is 0 Å². The molecule has 11 heteroatoms. The number of benzene rings is 2. The summed E-state index contributed by atoms with van der Waals surface area (Å²) >= 11 is 1.51. The lowest BCUT2D eigenvalue weighted by Crippen LogP contribution is -2.26. The highest BCUT2D eigenvalue weighted by atomic mass is 32.1. The van der Waals surface area contributed by atoms with Gasteiger partial charge in [-0.15, -0.1) is 11.3 Å². The number of hydrogen-bond donors (Lipinski definition) is 0. The molecule has 166 valence electrons. The smallest absolute Gasteiger partial charge is 0.277 e. The predicted octanol–water partition coefficient (Wildman–Crippen LogP) is 4.69. The van der Waals surface area contributed by atoms with Crippen LogP contribution in [0.1, 0.15) is 15.9 Å². The molecular weight excluding hydrogens is 446 g/mol. The highest BCUT2D eigenvalue weighted by molar-refractivity contribution is 7.13. The molecule has 0 aliphatic rings. The predicted molar refractivity (Wildman–Crippen MR) is 122 cm³/mol. The monoisotopic (exact) mass is 463 g/mol. The topological polar surface area (TPSA) is 124 Å². The Labute approximate surface area is 191 Å². The summed E-state index contributed by atoms with van der Waals surface area (Å²) in [6.45, 7) is 0.148. The third-order valence-corrected chi connectivity index (χ3v) is 5.77. The van der Waals surface area contributed by atoms with Crippen LogP contribution < -0.4 is 0 Å². The van der Waals surface area contributed by atoms with Gasteiger partial charge in [-0.05, 0) is 23.6 Å². The number of nitrogens with zero attached hydrogens (tertiary/aromatic N) is 5. The van der Waals surface area contributed by atoms with E-state index in [4.69, 9.17) is 5.10 Å². The summed E-state index contributed by atoms with van der Waals surface area (Å²) in [6.07, 6.45) is 1.82. The van der Waals surface area contributed by atoms with Crippen LogP contribution in [-0.2, 0) is 6.54 Å². The Balaban J connectivity index is 1.68. The largest absolute Gasteiger partial charge is 0.337 e. The van der Waals surface area contributed by atoms with Gasteiger partial charge in [-0.3, -0.25) is 25.0 Å². The van der Waals surface area contributed by atoms with Gasteiger partial charge in [-0.1, -0.05) is 24.3 Å². The first-order valence-electron chi connectivity index (χ1n) is 9.70. The molecule has 0 radical (unpaired) electrons. The van der Waals surface area contributed by atoms with Crippen LogP contribution >= 0.6 is 11.3 Å². The summed E-state index contributed by atoms with van der Waals surface area (Å²) in [5, 5.41) is 29.0. The maximum absolute atomic E-state index is 13.0. The summed E-state index contributed by atoms with van der Waals surface area (Å²) in [7, 11) is 1.53. The molecule has 4 aromatic rings. The second-order valence-corrected chi connectivity index (χ2v) is 8.12. The molecule has 0 atom stereocenters. The third kappa shape index (κ3) is 4.62. The molecule has 0 aliphatic heterocycles. The zero-order valence-corrected chi connectivity index (χ0v) is 18.1. The first kappa shape index (κ1) is 21.8. The van der Waals surface area contributed by atoms with Crippen molar-refractivity contribution in [1.29, 1.82) is 0 Å². The van der Waals surface area contributed by atoms with Crippen LogP contribution in [0, 0.1) is 20.2 Å². The maximum atomic E-state index is 13.0. The third-order valence-electron chi connectivity index (χ3n) is 4.89. The average Bonchev–Trinajstić information content (AvgIpc) is 3.48. The van der Waals surface area contributed by atoms with E-state index >= 15 is 0 Å². The zero-order valence-electron chi connectivity index (χ0n) is 17.3. The van der Waals surface area contributed by atoms with Crippen LogP contribution in [0.2, 0.25) is 0 Å². The van der Waals surface area contributed by atoms with E-state index < -0.39 is 27.1 Å². The molecule has 2 heterocycles. The van der Waals surface area contributed by atoms with Crippen molar-refractivity contribution in [3.63, 3.8) is 0 Å². The Morgan fingerprint density at radius 3 is 2.27 bits per heavy atom. The lowest BCUT2D eigenvalue weighted by molar-refractivity contribution is -0.394. The fourth-order valence-electron chi connectivity index (χ4n) is 3.34. The number of aromatic nitrogens is 2. The number of carbonyl (C=O) groups excluding carboxylic acids is 1. The van der Waals surface area contributed by atoms with Crippen molar-refractivity contribution >= 4 is 28.6 Å². The second-order valence-electron chi connectivity index (χ2n) is 7.17. The number of hydrogen-bond acceptors (Lipinski definition) is 7. The molecule has 0 unspecified atom stereocenters. The van der Waals surface area contributed by atoms with Gasteiger partial charge in [0.1, 0.15) is 5.69 Å². The molecule has 0 fully saturated rings. The van der Waals surface area contributed by atoms with E-state index in [0.717, 1.165) is 34.3 Å². The van der Waals surface area contributed by atoms with Crippen LogP contribution in [0.3, 0.4) is 0 Å². The molecule has 2 aromatic carbocycles. The van der Waals surface area contributed by atoms with Gasteiger partial charge in [0.25, 0.3) is 17.3 Å². The highest BCUT2D eigenvalue weighted by Crippen LogP contribution is 2.29. The lowest BCUT2D eigenvalue weighted by atomic mass is 10.1. The number of carbonyl (C=O) groups is 1. The maximum Gasteiger partial charge on any atom is 0.277 e. The standard InChI is InChI=1S/C22H17N5O5S/c1-24(22(28)15-10-18(26(29)30)12-19(11-15)27(31)32)13-16-14-25(17-6-3-2-4-7-17)23-21(16)20-8-5-9-33-20/h2-12,14H,13H2,1H3. The molecule has 0 spiro atoms. The minimum atomic E-state index is -0.761. The molecule has 0 saturated heterocycles. The van der Waals surface area contributed by atoms with Gasteiger partial charge in [0.2, 0.25) is 0 Å². The van der Waals surface area contributed by atoms with Gasteiger partial charge in [0, 0.05) is 37.5 Å². The van der Waals surface area contributed by atoms with E-state index in [1.807, 2.05) is 54.0 Å². The zero-order chi connectivity index (χ0) is 23.5. The first-order chi connectivity index (χ1) is 15.8. The van der Waals surface area contributed by atoms with E-state index in [-0.39, 0.29) is 12.1 Å². The Bertz CT molecular complexity index is 1300. The summed E-state index contributed by atoms with van der Waals surface area (Å²) in [5.41, 5.74) is 1.15. The number of nitro benzene ring substituents is 2. The molecular formula is C22H17N5O5S. The molecule has 2 aromatic heterocycles. The summed E-state index contributed by atoms with van der Waals surface area (Å²) in [5.74, 6) is -0.577. The molecule has 10 nitrogen and oxygen atoms in total. The normalized spacial score (nSPS) is 10.7. The fourth-order valence-corrected chi connectivity index (χ4v) is 4.08. The Hall–Kier alpha value is -4.38. The first-order valence-corrected chi connectivity index (χ1v) is 10.6. The molecule has 0 saturated carbocycles. The SMILES string of the molecule is CN(Cc1cn(-c2ccccc2)nc1-c1cccs1)C(=O)c1cc([N+](=O)[O-])cc([N+](=O)[O-])c1. The van der Waals surface area contributed by atoms with Crippen molar-refractivity contribution < 1.29 is 14.6 Å². The molecule has 0 N–H and O–H groups in total. The van der Waals surface area contributed by atoms with Crippen molar-refractivity contribution in [3.05, 3.63) is 104 Å². The van der Waals surface area contributed by atoms with Crippen LogP contribution in [0.15, 0.2) is 72.2 Å². The van der Waals surface area contributed by atoms with Crippen molar-refractivity contribution in [2.75, 3.05) is 7.05 Å². The minimum absolute atomic E-state index is 0.133. The molecule has 33 heavy (non-hydrogen) atoms. The van der Waals surface area contributed by atoms with Crippen LogP contribution in [-0.4, -0.2) is 37.5 Å². The summed E-state index contributed by atoms with van der Waals surface area (Å²) in [4.78, 5) is 36.1. The van der Waals surface area contributed by atoms with E-state index in [1.54, 1.807) is 4.68 Å². The van der Waals surface area contributed by atoms with Crippen molar-refractivity contribution in [2.24, 2.45) is 0 Å². The second kappa shape index (κ2) is 9.01. The Kier molecular flexibility index (Phi) is 5.96. The van der Waals surface area contributed by atoms with Crippen LogP contribution in [0.25, 0.3) is 16.3 Å². The number of para-hydroxylation sites is 1. The van der Waals surface area contributed by atoms with Crippen molar-refractivity contribution in [2.45, 2.75) is 6.54 Å². The van der Waals surface area contributed by atoms with Crippen molar-refractivity contribution in [3.8, 4) is 16.3 Å². The molecule has 0 bridgehead atoms. The van der Waals surface area contributed by atoms with Gasteiger partial charge in [0.05, 0.1) is 32.0 Å². The highest BCUT2D eigenvalue weighted by Gasteiger charge is 2.23. The number of rotatable bonds is 7. The van der Waals surface area contributed by atoms with Gasteiger partial charge in [0.15, 0.2) is 0 Å². The minimum Gasteiger partial charge on any atom is -0.337 e. The van der Waals surface area contributed by atoms with Gasteiger partial charge in [-0.2, -0.15) is 5.10 Å². The molecule has 1 amide bonds. The van der Waals surface area contributed by atoms with Gasteiger partial charge >= 0.3 is 0 Å². The fraction of sp³-hybridized carbons (Fsp3) is 0.0909. The number of thiophene rings is 1. The lowest BCUT2D eigenvalue weighted by Gasteiger charge is -2.17. The number of amides is 1. The van der Waals surface area contributed by atoms with E-state index in [9.17, 15) is 25.0 Å². The van der Waals surface area contributed by atoms with Gasteiger partial charge in [-0.25, -0.2) is 4.68 Å². The Morgan fingerprint density at radius 2 is 1.70 bits per heavy atom. The van der Waals surface area contributed by atoms with E-state index in [2.05, 4.69) is 0 Å². The summed E-state index contributed by atoms with van der Waals surface area (Å²) < 4.78 is 1.72. The molecule has 0 aliphatic carbocycles. The van der Waals surface area contributed by atoms with Crippen LogP contribution in [0.4, 0.5) is 11.4 Å².